The molecule has 2 amide bonds. The summed E-state index contributed by atoms with van der Waals surface area (Å²) in [5.74, 6) is 0.480. The van der Waals surface area contributed by atoms with Crippen molar-refractivity contribution in [1.29, 1.82) is 0 Å². The number of esters is 1. The summed E-state index contributed by atoms with van der Waals surface area (Å²) >= 11 is 0. The van der Waals surface area contributed by atoms with Gasteiger partial charge in [0.2, 0.25) is 0 Å². The van der Waals surface area contributed by atoms with Gasteiger partial charge < -0.3 is 24.4 Å². The van der Waals surface area contributed by atoms with Crippen LogP contribution in [0.2, 0.25) is 0 Å². The Bertz CT molecular complexity index is 993. The molecule has 0 bridgehead atoms. The van der Waals surface area contributed by atoms with Crippen LogP contribution < -0.4 is 14.8 Å². The molecule has 0 fully saturated rings. The predicted molar refractivity (Wildman–Crippen MR) is 122 cm³/mol. The third-order valence-corrected chi connectivity index (χ3v) is 5.81. The Morgan fingerprint density at radius 2 is 1.73 bits per heavy atom. The fraction of sp³-hybridized carbons (Fsp3) is 0.440. The number of fused-ring (bicyclic) bond motifs is 1. The molecule has 1 unspecified atom stereocenters. The lowest BCUT2D eigenvalue weighted by Gasteiger charge is -2.38. The number of hydrogen-bond donors (Lipinski definition) is 1. The molecule has 0 saturated heterocycles. The molecule has 33 heavy (non-hydrogen) atoms. The zero-order valence-corrected chi connectivity index (χ0v) is 19.7. The highest BCUT2D eigenvalue weighted by molar-refractivity contribution is 5.84. The van der Waals surface area contributed by atoms with Crippen molar-refractivity contribution >= 4 is 12.0 Å². The molecule has 3 rings (SSSR count). The maximum Gasteiger partial charge on any atom is 0.328 e. The molecule has 1 aliphatic rings. The highest BCUT2D eigenvalue weighted by Gasteiger charge is 2.35. The van der Waals surface area contributed by atoms with Crippen LogP contribution in [0, 0.1) is 11.7 Å². The van der Waals surface area contributed by atoms with Gasteiger partial charge in [-0.3, -0.25) is 0 Å². The van der Waals surface area contributed by atoms with Crippen molar-refractivity contribution in [1.82, 2.24) is 10.2 Å². The van der Waals surface area contributed by atoms with Crippen LogP contribution >= 0.6 is 0 Å². The minimum absolute atomic E-state index is 0.182. The molecule has 0 saturated carbocycles. The molecule has 8 heteroatoms. The number of rotatable bonds is 7. The Kier molecular flexibility index (Phi) is 7.79. The molecule has 1 N–H and O–H groups in total. The van der Waals surface area contributed by atoms with Crippen LogP contribution in [0.4, 0.5) is 9.18 Å². The van der Waals surface area contributed by atoms with E-state index in [2.05, 4.69) is 5.32 Å². The van der Waals surface area contributed by atoms with E-state index in [1.807, 2.05) is 26.0 Å². The quantitative estimate of drug-likeness (QED) is 0.633. The molecule has 2 atom stereocenters. The molecule has 1 aliphatic heterocycles. The Morgan fingerprint density at radius 1 is 1.09 bits per heavy atom. The Morgan fingerprint density at radius 3 is 2.30 bits per heavy atom. The highest BCUT2D eigenvalue weighted by Crippen LogP contribution is 2.41. The second-order valence-electron chi connectivity index (χ2n) is 8.46. The predicted octanol–water partition coefficient (Wildman–Crippen LogP) is 4.09. The van der Waals surface area contributed by atoms with E-state index in [1.54, 1.807) is 31.3 Å². The van der Waals surface area contributed by atoms with Gasteiger partial charge in [-0.1, -0.05) is 26.0 Å². The number of halogens is 1. The third kappa shape index (κ3) is 5.38. The van der Waals surface area contributed by atoms with Crippen molar-refractivity contribution in [3.8, 4) is 11.5 Å². The molecule has 0 aliphatic carbocycles. The van der Waals surface area contributed by atoms with Gasteiger partial charge in [0.1, 0.15) is 11.9 Å². The van der Waals surface area contributed by atoms with Gasteiger partial charge in [0.25, 0.3) is 0 Å². The maximum absolute atomic E-state index is 13.7. The lowest BCUT2D eigenvalue weighted by molar-refractivity contribution is -0.143. The smallest absolute Gasteiger partial charge is 0.328 e. The van der Waals surface area contributed by atoms with Crippen molar-refractivity contribution in [2.45, 2.75) is 38.8 Å². The summed E-state index contributed by atoms with van der Waals surface area (Å²) in [6, 6.07) is 8.20. The van der Waals surface area contributed by atoms with E-state index in [0.717, 1.165) is 16.7 Å². The number of carbonyl (C=O) groups excluding carboxylic acids is 2. The number of ether oxygens (including phenoxy) is 3. The van der Waals surface area contributed by atoms with E-state index < -0.39 is 18.1 Å². The van der Waals surface area contributed by atoms with Crippen LogP contribution in [-0.4, -0.2) is 50.8 Å². The zero-order chi connectivity index (χ0) is 24.1. The fourth-order valence-corrected chi connectivity index (χ4v) is 4.23. The number of benzene rings is 2. The molecule has 0 radical (unpaired) electrons. The second-order valence-corrected chi connectivity index (χ2v) is 8.46. The normalized spacial score (nSPS) is 16.1. The second kappa shape index (κ2) is 10.6. The molecule has 1 heterocycles. The van der Waals surface area contributed by atoms with Gasteiger partial charge in [0.15, 0.2) is 11.5 Å². The molecular weight excluding hydrogens is 427 g/mol. The molecule has 0 aromatic heterocycles. The van der Waals surface area contributed by atoms with Crippen LogP contribution in [-0.2, 0) is 16.0 Å². The average Bonchev–Trinajstić information content (AvgIpc) is 2.81. The fourth-order valence-electron chi connectivity index (χ4n) is 4.23. The summed E-state index contributed by atoms with van der Waals surface area (Å²) in [5.41, 5.74) is 2.62. The van der Waals surface area contributed by atoms with Gasteiger partial charge >= 0.3 is 12.0 Å². The molecule has 7 nitrogen and oxygen atoms in total. The summed E-state index contributed by atoms with van der Waals surface area (Å²) in [6.45, 7) is 4.35. The topological polar surface area (TPSA) is 77.1 Å². The summed E-state index contributed by atoms with van der Waals surface area (Å²) in [6.07, 6.45) is 1.04. The van der Waals surface area contributed by atoms with Crippen LogP contribution in [0.25, 0.3) is 0 Å². The largest absolute Gasteiger partial charge is 0.493 e. The van der Waals surface area contributed by atoms with Crippen LogP contribution in [0.15, 0.2) is 36.4 Å². The Hall–Kier alpha value is -3.29. The first-order valence-electron chi connectivity index (χ1n) is 10.9. The van der Waals surface area contributed by atoms with E-state index in [-0.39, 0.29) is 17.8 Å². The number of amides is 2. The maximum atomic E-state index is 13.7. The van der Waals surface area contributed by atoms with Gasteiger partial charge in [-0.05, 0) is 59.7 Å². The van der Waals surface area contributed by atoms with Gasteiger partial charge in [0, 0.05) is 6.54 Å². The van der Waals surface area contributed by atoms with Gasteiger partial charge in [-0.25, -0.2) is 14.0 Å². The molecular formula is C25H31FN2O5. The molecule has 178 valence electrons. The van der Waals surface area contributed by atoms with E-state index in [0.29, 0.717) is 30.9 Å². The first-order valence-corrected chi connectivity index (χ1v) is 10.9. The first-order chi connectivity index (χ1) is 15.8. The standard InChI is InChI=1S/C25H31FN2O5/c1-15(2)12-20(24(29)33-5)27-25(30)28-11-10-17-13-21(31-3)22(32-4)14-19(17)23(28)16-6-8-18(26)9-7-16/h6-9,13-15,20,23H,10-12H2,1-5H3,(H,27,30)/t20-,23?/m0/s1. The van der Waals surface area contributed by atoms with Crippen molar-refractivity contribution in [3.63, 3.8) is 0 Å². The summed E-state index contributed by atoms with van der Waals surface area (Å²) in [7, 11) is 4.43. The number of urea groups is 1. The summed E-state index contributed by atoms with van der Waals surface area (Å²) in [5, 5.41) is 2.84. The Labute approximate surface area is 193 Å². The van der Waals surface area contributed by atoms with Gasteiger partial charge in [-0.15, -0.1) is 0 Å². The minimum atomic E-state index is -0.761. The van der Waals surface area contributed by atoms with Crippen LogP contribution in [0.5, 0.6) is 11.5 Å². The van der Waals surface area contributed by atoms with Crippen LogP contribution in [0.3, 0.4) is 0 Å². The van der Waals surface area contributed by atoms with Gasteiger partial charge in [0.05, 0.1) is 27.4 Å². The zero-order valence-electron chi connectivity index (χ0n) is 19.7. The number of methoxy groups -OCH3 is 3. The third-order valence-electron chi connectivity index (χ3n) is 5.81. The monoisotopic (exact) mass is 458 g/mol. The summed E-state index contributed by atoms with van der Waals surface area (Å²) in [4.78, 5) is 27.4. The van der Waals surface area contributed by atoms with E-state index in [9.17, 15) is 14.0 Å². The highest BCUT2D eigenvalue weighted by atomic mass is 19.1. The van der Waals surface area contributed by atoms with Crippen molar-refractivity contribution < 1.29 is 28.2 Å². The van der Waals surface area contributed by atoms with Crippen molar-refractivity contribution in [2.24, 2.45) is 5.92 Å². The SMILES string of the molecule is COC(=O)[C@H](CC(C)C)NC(=O)N1CCc2cc(OC)c(OC)cc2C1c1ccc(F)cc1. The first kappa shape index (κ1) is 24.4. The van der Waals surface area contributed by atoms with E-state index in [1.165, 1.54) is 19.2 Å². The average molecular weight is 459 g/mol. The molecule has 0 spiro atoms. The summed E-state index contributed by atoms with van der Waals surface area (Å²) < 4.78 is 29.5. The van der Waals surface area contributed by atoms with Crippen LogP contribution in [0.1, 0.15) is 43.0 Å². The Balaban J connectivity index is 2.02. The molecule has 2 aromatic carbocycles. The number of carbonyl (C=O) groups is 2. The number of nitrogens with one attached hydrogen (secondary N) is 1. The number of hydrogen-bond acceptors (Lipinski definition) is 5. The lowest BCUT2D eigenvalue weighted by atomic mass is 9.87. The van der Waals surface area contributed by atoms with Crippen molar-refractivity contribution in [2.75, 3.05) is 27.9 Å². The minimum Gasteiger partial charge on any atom is -0.493 e. The van der Waals surface area contributed by atoms with Gasteiger partial charge in [-0.2, -0.15) is 0 Å². The van der Waals surface area contributed by atoms with Crippen molar-refractivity contribution in [3.05, 3.63) is 58.9 Å². The number of nitrogens with zero attached hydrogens (tertiary/aromatic N) is 1. The molecule has 2 aromatic rings. The van der Waals surface area contributed by atoms with E-state index in [4.69, 9.17) is 14.2 Å². The van der Waals surface area contributed by atoms with E-state index >= 15 is 0 Å². The lowest BCUT2D eigenvalue weighted by Crippen LogP contribution is -2.51.